The van der Waals surface area contributed by atoms with Gasteiger partial charge < -0.3 is 14.2 Å². The van der Waals surface area contributed by atoms with Gasteiger partial charge in [0.25, 0.3) is 0 Å². The lowest BCUT2D eigenvalue weighted by atomic mass is 10.1. The maximum atomic E-state index is 12.5. The Morgan fingerprint density at radius 3 is 2.14 bits per heavy atom. The number of benzene rings is 2. The van der Waals surface area contributed by atoms with Crippen molar-refractivity contribution < 1.29 is 19.0 Å². The monoisotopic (exact) mass is 382 g/mol. The molecule has 0 spiro atoms. The molecule has 0 aromatic heterocycles. The number of ether oxygens (including phenoxy) is 3. The van der Waals surface area contributed by atoms with Gasteiger partial charge >= 0.3 is 0 Å². The van der Waals surface area contributed by atoms with Crippen molar-refractivity contribution in [3.05, 3.63) is 59.2 Å². The fourth-order valence-electron chi connectivity index (χ4n) is 2.67. The summed E-state index contributed by atoms with van der Waals surface area (Å²) in [7, 11) is 0. The van der Waals surface area contributed by atoms with Crippen molar-refractivity contribution in [3.8, 4) is 17.2 Å². The summed E-state index contributed by atoms with van der Waals surface area (Å²) in [5.41, 5.74) is 2.51. The quantitative estimate of drug-likeness (QED) is 0.360. The molecule has 0 amide bonds. The van der Waals surface area contributed by atoms with Crippen LogP contribution in [0.4, 0.5) is 0 Å². The average molecular weight is 383 g/mol. The second-order valence-corrected chi connectivity index (χ2v) is 6.51. The van der Waals surface area contributed by atoms with Gasteiger partial charge in [-0.15, -0.1) is 0 Å². The van der Waals surface area contributed by atoms with Crippen LogP contribution in [0, 0.1) is 6.92 Å². The molecular formula is C24H30O4. The van der Waals surface area contributed by atoms with E-state index in [2.05, 4.69) is 13.8 Å². The maximum absolute atomic E-state index is 12.5. The van der Waals surface area contributed by atoms with Gasteiger partial charge in [0, 0.05) is 17.2 Å². The van der Waals surface area contributed by atoms with Crippen molar-refractivity contribution in [2.75, 3.05) is 19.8 Å². The largest absolute Gasteiger partial charge is 0.494 e. The number of carbonyl (C=O) groups excluding carboxylic acids is 1. The van der Waals surface area contributed by atoms with E-state index in [4.69, 9.17) is 14.2 Å². The third-order valence-corrected chi connectivity index (χ3v) is 4.09. The standard InChI is InChI=1S/C24H30O4/c1-5-14-27-23-17-24(28-15-6-2)20(16-18(23)4)10-13-22(25)19-8-11-21(12-9-19)26-7-3/h8-13,16-17H,5-7,14-15H2,1-4H3. The second-order valence-electron chi connectivity index (χ2n) is 6.51. The van der Waals surface area contributed by atoms with Gasteiger partial charge in [-0.3, -0.25) is 4.79 Å². The summed E-state index contributed by atoms with van der Waals surface area (Å²) < 4.78 is 17.1. The zero-order valence-electron chi connectivity index (χ0n) is 17.3. The van der Waals surface area contributed by atoms with Gasteiger partial charge in [-0.05, 0) is 74.7 Å². The van der Waals surface area contributed by atoms with Gasteiger partial charge in [0.2, 0.25) is 0 Å². The van der Waals surface area contributed by atoms with Crippen LogP contribution in [0.25, 0.3) is 6.08 Å². The van der Waals surface area contributed by atoms with Crippen LogP contribution in [-0.2, 0) is 0 Å². The van der Waals surface area contributed by atoms with Crippen molar-refractivity contribution in [2.45, 2.75) is 40.5 Å². The molecule has 0 aliphatic heterocycles. The molecule has 0 aliphatic rings. The van der Waals surface area contributed by atoms with Crippen molar-refractivity contribution >= 4 is 11.9 Å². The molecule has 0 unspecified atom stereocenters. The molecule has 0 bridgehead atoms. The van der Waals surface area contributed by atoms with Crippen LogP contribution in [0.3, 0.4) is 0 Å². The Labute approximate surface area is 168 Å². The Balaban J connectivity index is 2.21. The number of carbonyl (C=O) groups is 1. The van der Waals surface area contributed by atoms with Gasteiger partial charge in [-0.2, -0.15) is 0 Å². The van der Waals surface area contributed by atoms with Crippen molar-refractivity contribution in [1.82, 2.24) is 0 Å². The summed E-state index contributed by atoms with van der Waals surface area (Å²) in [5.74, 6) is 2.25. The first-order valence-corrected chi connectivity index (χ1v) is 9.94. The minimum atomic E-state index is -0.0616. The summed E-state index contributed by atoms with van der Waals surface area (Å²) in [5, 5.41) is 0. The number of rotatable bonds is 11. The van der Waals surface area contributed by atoms with Crippen molar-refractivity contribution in [1.29, 1.82) is 0 Å². The Morgan fingerprint density at radius 1 is 0.893 bits per heavy atom. The van der Waals surface area contributed by atoms with Crippen LogP contribution in [-0.4, -0.2) is 25.6 Å². The molecule has 0 saturated heterocycles. The number of aryl methyl sites for hydroxylation is 1. The molecule has 2 aromatic carbocycles. The van der Waals surface area contributed by atoms with Crippen LogP contribution in [0.2, 0.25) is 0 Å². The Bertz CT molecular complexity index is 791. The summed E-state index contributed by atoms with van der Waals surface area (Å²) in [4.78, 5) is 12.5. The highest BCUT2D eigenvalue weighted by Gasteiger charge is 2.09. The molecule has 150 valence electrons. The van der Waals surface area contributed by atoms with Gasteiger partial charge in [0.15, 0.2) is 5.78 Å². The maximum Gasteiger partial charge on any atom is 0.185 e. The highest BCUT2D eigenvalue weighted by molar-refractivity contribution is 6.07. The Kier molecular flexibility index (Phi) is 8.60. The lowest BCUT2D eigenvalue weighted by Crippen LogP contribution is -2.02. The first kappa shape index (κ1) is 21.5. The lowest BCUT2D eigenvalue weighted by Gasteiger charge is -2.14. The number of ketones is 1. The summed E-state index contributed by atoms with van der Waals surface area (Å²) in [6.07, 6.45) is 5.24. The smallest absolute Gasteiger partial charge is 0.185 e. The summed E-state index contributed by atoms with van der Waals surface area (Å²) in [6.45, 7) is 9.95. The number of hydrogen-bond donors (Lipinski definition) is 0. The molecule has 28 heavy (non-hydrogen) atoms. The fraction of sp³-hybridized carbons (Fsp3) is 0.375. The lowest BCUT2D eigenvalue weighted by molar-refractivity contribution is 0.104. The van der Waals surface area contributed by atoms with Crippen LogP contribution in [0.5, 0.6) is 17.2 Å². The fourth-order valence-corrected chi connectivity index (χ4v) is 2.67. The van der Waals surface area contributed by atoms with Crippen LogP contribution < -0.4 is 14.2 Å². The van der Waals surface area contributed by atoms with E-state index in [0.29, 0.717) is 25.4 Å². The van der Waals surface area contributed by atoms with Crippen LogP contribution >= 0.6 is 0 Å². The average Bonchev–Trinajstić information content (AvgIpc) is 2.71. The zero-order chi connectivity index (χ0) is 20.4. The van der Waals surface area contributed by atoms with E-state index in [-0.39, 0.29) is 5.78 Å². The molecule has 0 aliphatic carbocycles. The van der Waals surface area contributed by atoms with E-state index in [0.717, 1.165) is 41.2 Å². The molecule has 0 saturated carbocycles. The number of allylic oxidation sites excluding steroid dienone is 1. The van der Waals surface area contributed by atoms with Gasteiger partial charge in [-0.25, -0.2) is 0 Å². The first-order valence-electron chi connectivity index (χ1n) is 9.94. The second kappa shape index (κ2) is 11.2. The minimum Gasteiger partial charge on any atom is -0.494 e. The third kappa shape index (κ3) is 6.15. The highest BCUT2D eigenvalue weighted by Crippen LogP contribution is 2.30. The Hall–Kier alpha value is -2.75. The van der Waals surface area contributed by atoms with E-state index in [9.17, 15) is 4.79 Å². The van der Waals surface area contributed by atoms with Crippen LogP contribution in [0.15, 0.2) is 42.5 Å². The van der Waals surface area contributed by atoms with E-state index >= 15 is 0 Å². The molecule has 4 heteroatoms. The summed E-state index contributed by atoms with van der Waals surface area (Å²) >= 11 is 0. The predicted octanol–water partition coefficient (Wildman–Crippen LogP) is 5.87. The SMILES string of the molecule is CCCOc1cc(OCCC)c(C=CC(=O)c2ccc(OCC)cc2)cc1C. The van der Waals surface area contributed by atoms with E-state index < -0.39 is 0 Å². The topological polar surface area (TPSA) is 44.8 Å². The van der Waals surface area contributed by atoms with Crippen molar-refractivity contribution in [3.63, 3.8) is 0 Å². The van der Waals surface area contributed by atoms with Crippen LogP contribution in [0.1, 0.15) is 55.1 Å². The molecule has 0 atom stereocenters. The molecular weight excluding hydrogens is 352 g/mol. The zero-order valence-corrected chi connectivity index (χ0v) is 17.3. The molecule has 2 aromatic rings. The third-order valence-electron chi connectivity index (χ3n) is 4.09. The summed E-state index contributed by atoms with van der Waals surface area (Å²) in [6, 6.07) is 11.1. The molecule has 0 fully saturated rings. The van der Waals surface area contributed by atoms with Gasteiger partial charge in [0.1, 0.15) is 17.2 Å². The predicted molar refractivity (Wildman–Crippen MR) is 114 cm³/mol. The highest BCUT2D eigenvalue weighted by atomic mass is 16.5. The molecule has 2 rings (SSSR count). The van der Waals surface area contributed by atoms with E-state index in [1.54, 1.807) is 24.3 Å². The van der Waals surface area contributed by atoms with E-state index in [1.165, 1.54) is 0 Å². The van der Waals surface area contributed by atoms with Gasteiger partial charge in [0.05, 0.1) is 19.8 Å². The normalized spacial score (nSPS) is 10.9. The molecule has 0 N–H and O–H groups in total. The first-order chi connectivity index (χ1) is 13.6. The van der Waals surface area contributed by atoms with Crippen molar-refractivity contribution in [2.24, 2.45) is 0 Å². The molecule has 4 nitrogen and oxygen atoms in total. The molecule has 0 heterocycles. The Morgan fingerprint density at radius 2 is 1.54 bits per heavy atom. The number of hydrogen-bond acceptors (Lipinski definition) is 4. The van der Waals surface area contributed by atoms with Gasteiger partial charge in [-0.1, -0.05) is 13.8 Å². The molecule has 0 radical (unpaired) electrons. The van der Waals surface area contributed by atoms with E-state index in [1.807, 2.05) is 38.1 Å². The minimum absolute atomic E-state index is 0.0616.